The van der Waals surface area contributed by atoms with Crippen LogP contribution in [-0.2, 0) is 0 Å². The average molecular weight is 297 g/mol. The van der Waals surface area contributed by atoms with Crippen LogP contribution in [0.25, 0.3) is 0 Å². The summed E-state index contributed by atoms with van der Waals surface area (Å²) in [7, 11) is 0. The molecule has 1 heterocycles. The Bertz CT molecular complexity index is 372. The minimum absolute atomic E-state index is 0.178. The summed E-state index contributed by atoms with van der Waals surface area (Å²) >= 11 is 3.49. The Morgan fingerprint density at radius 3 is 2.59 bits per heavy atom. The zero-order chi connectivity index (χ0) is 12.5. The van der Waals surface area contributed by atoms with Crippen molar-refractivity contribution in [1.82, 2.24) is 5.32 Å². The molecule has 1 N–H and O–H groups in total. The Labute approximate surface area is 113 Å². The van der Waals surface area contributed by atoms with Gasteiger partial charge in [0.15, 0.2) is 0 Å². The van der Waals surface area contributed by atoms with Crippen molar-refractivity contribution in [3.8, 4) is 0 Å². The zero-order valence-electron chi connectivity index (χ0n) is 10.8. The van der Waals surface area contributed by atoms with E-state index in [9.17, 15) is 0 Å². The van der Waals surface area contributed by atoms with E-state index < -0.39 is 0 Å². The van der Waals surface area contributed by atoms with Crippen molar-refractivity contribution in [3.05, 3.63) is 28.7 Å². The monoisotopic (exact) mass is 296 g/mol. The average Bonchev–Trinajstić information content (AvgIpc) is 2.39. The van der Waals surface area contributed by atoms with Gasteiger partial charge in [-0.2, -0.15) is 0 Å². The fourth-order valence-corrected chi connectivity index (χ4v) is 2.60. The molecule has 0 amide bonds. The summed E-state index contributed by atoms with van der Waals surface area (Å²) in [5.74, 6) is 0.681. The molecule has 17 heavy (non-hydrogen) atoms. The smallest absolute Gasteiger partial charge is 0.0367 e. The normalized spacial score (nSPS) is 24.5. The van der Waals surface area contributed by atoms with Crippen LogP contribution < -0.4 is 10.2 Å². The van der Waals surface area contributed by atoms with Crippen molar-refractivity contribution < 1.29 is 0 Å². The van der Waals surface area contributed by atoms with Crippen molar-refractivity contribution in [1.29, 1.82) is 0 Å². The quantitative estimate of drug-likeness (QED) is 0.856. The summed E-state index contributed by atoms with van der Waals surface area (Å²) in [5.41, 5.74) is 1.49. The summed E-state index contributed by atoms with van der Waals surface area (Å²) in [4.78, 5) is 2.48. The standard InChI is InChI=1S/C14H21BrN2/c1-11-8-16-14(2,3)10-17(9-11)13-6-4-12(15)5-7-13/h4-7,11,16H,8-10H2,1-3H3. The summed E-state index contributed by atoms with van der Waals surface area (Å²) in [5, 5.41) is 3.63. The van der Waals surface area contributed by atoms with E-state index in [-0.39, 0.29) is 5.54 Å². The summed E-state index contributed by atoms with van der Waals surface area (Å²) in [6.45, 7) is 10.1. The molecule has 0 saturated carbocycles. The predicted molar refractivity (Wildman–Crippen MR) is 77.6 cm³/mol. The molecule has 0 radical (unpaired) electrons. The van der Waals surface area contributed by atoms with Crippen LogP contribution in [0.2, 0.25) is 0 Å². The van der Waals surface area contributed by atoms with Gasteiger partial charge in [0, 0.05) is 28.8 Å². The van der Waals surface area contributed by atoms with Crippen LogP contribution in [0.4, 0.5) is 5.69 Å². The molecule has 3 heteroatoms. The molecule has 1 unspecified atom stereocenters. The molecule has 0 spiro atoms. The molecule has 1 aliphatic heterocycles. The topological polar surface area (TPSA) is 15.3 Å². The van der Waals surface area contributed by atoms with Gasteiger partial charge < -0.3 is 10.2 Å². The first-order chi connectivity index (χ1) is 7.96. The highest BCUT2D eigenvalue weighted by Crippen LogP contribution is 2.23. The lowest BCUT2D eigenvalue weighted by Crippen LogP contribution is -2.46. The van der Waals surface area contributed by atoms with Crippen LogP contribution >= 0.6 is 15.9 Å². The van der Waals surface area contributed by atoms with Gasteiger partial charge in [0.2, 0.25) is 0 Å². The lowest BCUT2D eigenvalue weighted by atomic mass is 10.1. The van der Waals surface area contributed by atoms with E-state index in [4.69, 9.17) is 0 Å². The number of hydrogen-bond acceptors (Lipinski definition) is 2. The van der Waals surface area contributed by atoms with Crippen molar-refractivity contribution in [3.63, 3.8) is 0 Å². The van der Waals surface area contributed by atoms with E-state index in [1.807, 2.05) is 0 Å². The third kappa shape index (κ3) is 3.46. The van der Waals surface area contributed by atoms with E-state index in [2.05, 4.69) is 71.2 Å². The van der Waals surface area contributed by atoms with Gasteiger partial charge in [-0.25, -0.2) is 0 Å². The number of benzene rings is 1. The lowest BCUT2D eigenvalue weighted by Gasteiger charge is -2.31. The van der Waals surface area contributed by atoms with Gasteiger partial charge in [0.25, 0.3) is 0 Å². The molecular formula is C14H21BrN2. The van der Waals surface area contributed by atoms with Gasteiger partial charge in [0.05, 0.1) is 0 Å². The Morgan fingerprint density at radius 2 is 1.94 bits per heavy atom. The van der Waals surface area contributed by atoms with E-state index in [0.717, 1.165) is 24.1 Å². The highest BCUT2D eigenvalue weighted by atomic mass is 79.9. The molecule has 1 aromatic carbocycles. The molecule has 2 rings (SSSR count). The molecule has 1 atom stereocenters. The Kier molecular flexibility index (Phi) is 3.79. The maximum atomic E-state index is 3.63. The second kappa shape index (κ2) is 4.99. The summed E-state index contributed by atoms with van der Waals surface area (Å²) in [6, 6.07) is 8.62. The predicted octanol–water partition coefficient (Wildman–Crippen LogP) is 3.27. The van der Waals surface area contributed by atoms with Gasteiger partial charge in [-0.05, 0) is 50.6 Å². The van der Waals surface area contributed by atoms with Crippen molar-refractivity contribution >= 4 is 21.6 Å². The molecule has 2 nitrogen and oxygen atoms in total. The van der Waals surface area contributed by atoms with Gasteiger partial charge in [-0.15, -0.1) is 0 Å². The number of nitrogens with one attached hydrogen (secondary N) is 1. The first kappa shape index (κ1) is 12.9. The summed E-state index contributed by atoms with van der Waals surface area (Å²) in [6.07, 6.45) is 0. The summed E-state index contributed by atoms with van der Waals surface area (Å²) < 4.78 is 1.14. The maximum absolute atomic E-state index is 3.63. The van der Waals surface area contributed by atoms with Crippen molar-refractivity contribution in [2.45, 2.75) is 26.3 Å². The molecule has 1 aromatic rings. The van der Waals surface area contributed by atoms with Crippen LogP contribution in [0, 0.1) is 5.92 Å². The number of halogens is 1. The third-order valence-electron chi connectivity index (χ3n) is 3.24. The number of rotatable bonds is 1. The first-order valence-corrected chi connectivity index (χ1v) is 7.01. The van der Waals surface area contributed by atoms with Crippen LogP contribution in [0.3, 0.4) is 0 Å². The molecule has 0 bridgehead atoms. The zero-order valence-corrected chi connectivity index (χ0v) is 12.4. The van der Waals surface area contributed by atoms with Gasteiger partial charge in [-0.1, -0.05) is 22.9 Å². The molecular weight excluding hydrogens is 276 g/mol. The Hall–Kier alpha value is -0.540. The van der Waals surface area contributed by atoms with E-state index in [0.29, 0.717) is 5.92 Å². The van der Waals surface area contributed by atoms with Crippen LogP contribution in [0.5, 0.6) is 0 Å². The molecule has 1 fully saturated rings. The van der Waals surface area contributed by atoms with Crippen molar-refractivity contribution in [2.24, 2.45) is 5.92 Å². The molecule has 94 valence electrons. The molecule has 1 saturated heterocycles. The third-order valence-corrected chi connectivity index (χ3v) is 3.77. The SMILES string of the molecule is CC1CNC(C)(C)CN(c2ccc(Br)cc2)C1. The van der Waals surface area contributed by atoms with Crippen LogP contribution in [0.1, 0.15) is 20.8 Å². The molecule has 1 aliphatic rings. The fourth-order valence-electron chi connectivity index (χ4n) is 2.34. The van der Waals surface area contributed by atoms with E-state index in [1.54, 1.807) is 0 Å². The maximum Gasteiger partial charge on any atom is 0.0367 e. The number of nitrogens with zero attached hydrogens (tertiary/aromatic N) is 1. The van der Waals surface area contributed by atoms with Crippen LogP contribution in [0.15, 0.2) is 28.7 Å². The Morgan fingerprint density at radius 1 is 1.29 bits per heavy atom. The van der Waals surface area contributed by atoms with Gasteiger partial charge in [0.1, 0.15) is 0 Å². The van der Waals surface area contributed by atoms with Crippen LogP contribution in [-0.4, -0.2) is 25.2 Å². The molecule has 0 aromatic heterocycles. The minimum Gasteiger partial charge on any atom is -0.369 e. The number of anilines is 1. The molecule has 0 aliphatic carbocycles. The van der Waals surface area contributed by atoms with E-state index in [1.165, 1.54) is 5.69 Å². The largest absolute Gasteiger partial charge is 0.369 e. The Balaban J connectivity index is 2.20. The lowest BCUT2D eigenvalue weighted by molar-refractivity contribution is 0.402. The second-order valence-electron chi connectivity index (χ2n) is 5.73. The van der Waals surface area contributed by atoms with Gasteiger partial charge >= 0.3 is 0 Å². The highest BCUT2D eigenvalue weighted by Gasteiger charge is 2.26. The fraction of sp³-hybridized carbons (Fsp3) is 0.571. The highest BCUT2D eigenvalue weighted by molar-refractivity contribution is 9.10. The van der Waals surface area contributed by atoms with E-state index >= 15 is 0 Å². The second-order valence-corrected chi connectivity index (χ2v) is 6.64. The first-order valence-electron chi connectivity index (χ1n) is 6.22. The minimum atomic E-state index is 0.178. The number of hydrogen-bond donors (Lipinski definition) is 1. The van der Waals surface area contributed by atoms with Crippen molar-refractivity contribution in [2.75, 3.05) is 24.5 Å². The van der Waals surface area contributed by atoms with Gasteiger partial charge in [-0.3, -0.25) is 0 Å².